The Hall–Kier alpha value is -1.51. The van der Waals surface area contributed by atoms with Gasteiger partial charge in [-0.05, 0) is 25.1 Å². The number of hydrogen-bond acceptors (Lipinski definition) is 4. The summed E-state index contributed by atoms with van der Waals surface area (Å²) in [5.74, 6) is -2.36. The smallest absolute Gasteiger partial charge is 0.335 e. The molecule has 0 saturated carbocycles. The van der Waals surface area contributed by atoms with Crippen LogP contribution in [0.25, 0.3) is 0 Å². The van der Waals surface area contributed by atoms with Crippen LogP contribution in [-0.2, 0) is 10.0 Å². The van der Waals surface area contributed by atoms with E-state index in [9.17, 15) is 22.7 Å². The van der Waals surface area contributed by atoms with Crippen LogP contribution in [0.15, 0.2) is 23.1 Å². The van der Waals surface area contributed by atoms with Gasteiger partial charge >= 0.3 is 5.97 Å². The fourth-order valence-electron chi connectivity index (χ4n) is 1.86. The van der Waals surface area contributed by atoms with E-state index in [0.29, 0.717) is 0 Å². The highest BCUT2D eigenvalue weighted by atomic mass is 32.2. The molecule has 1 aliphatic heterocycles. The molecule has 104 valence electrons. The summed E-state index contributed by atoms with van der Waals surface area (Å²) < 4.78 is 38.6. The number of carboxylic acid groups (broad SMARTS) is 1. The van der Waals surface area contributed by atoms with Crippen LogP contribution in [0, 0.1) is 5.82 Å². The molecule has 0 amide bonds. The van der Waals surface area contributed by atoms with Crippen molar-refractivity contribution in [1.82, 2.24) is 4.31 Å². The molecule has 6 nitrogen and oxygen atoms in total. The lowest BCUT2D eigenvalue weighted by Crippen LogP contribution is -2.61. The minimum Gasteiger partial charge on any atom is -0.478 e. The van der Waals surface area contributed by atoms with E-state index in [0.717, 1.165) is 22.5 Å². The zero-order valence-corrected chi connectivity index (χ0v) is 10.8. The Morgan fingerprint density at radius 2 is 2.00 bits per heavy atom. The van der Waals surface area contributed by atoms with Crippen molar-refractivity contribution in [2.24, 2.45) is 0 Å². The number of carboxylic acids is 1. The molecule has 1 fully saturated rings. The van der Waals surface area contributed by atoms with Crippen molar-refractivity contribution >= 4 is 16.0 Å². The number of carbonyl (C=O) groups is 1. The molecular weight excluding hydrogens is 277 g/mol. The van der Waals surface area contributed by atoms with Crippen LogP contribution < -0.4 is 0 Å². The fraction of sp³-hybridized carbons (Fsp3) is 0.364. The maximum atomic E-state index is 13.6. The van der Waals surface area contributed by atoms with Gasteiger partial charge in [0, 0.05) is 13.1 Å². The van der Waals surface area contributed by atoms with E-state index in [1.807, 2.05) is 0 Å². The second kappa shape index (κ2) is 4.26. The van der Waals surface area contributed by atoms with Crippen LogP contribution in [0.1, 0.15) is 17.3 Å². The van der Waals surface area contributed by atoms with Crippen molar-refractivity contribution in [2.45, 2.75) is 17.4 Å². The largest absolute Gasteiger partial charge is 0.478 e. The first-order valence-electron chi connectivity index (χ1n) is 5.39. The van der Waals surface area contributed by atoms with Crippen molar-refractivity contribution in [3.05, 3.63) is 29.6 Å². The standard InChI is InChI=1S/C11H12FNO5S/c1-11(16)5-13(6-11)19(17,18)9-4-7(10(14)15)2-3-8(9)12/h2-4,16H,5-6H2,1H3,(H,14,15). The highest BCUT2D eigenvalue weighted by Gasteiger charge is 2.44. The quantitative estimate of drug-likeness (QED) is 0.833. The lowest BCUT2D eigenvalue weighted by Gasteiger charge is -2.42. The molecule has 2 rings (SSSR count). The highest BCUT2D eigenvalue weighted by molar-refractivity contribution is 7.89. The third kappa shape index (κ3) is 2.46. The molecule has 2 N–H and O–H groups in total. The molecule has 1 aromatic carbocycles. The molecule has 1 heterocycles. The third-order valence-corrected chi connectivity index (χ3v) is 4.64. The summed E-state index contributed by atoms with van der Waals surface area (Å²) in [5.41, 5.74) is -1.44. The second-order valence-corrected chi connectivity index (χ2v) is 6.63. The number of benzene rings is 1. The zero-order valence-electron chi connectivity index (χ0n) is 10.00. The Bertz CT molecular complexity index is 632. The van der Waals surface area contributed by atoms with Gasteiger partial charge in [-0.25, -0.2) is 17.6 Å². The van der Waals surface area contributed by atoms with Crippen LogP contribution >= 0.6 is 0 Å². The third-order valence-electron chi connectivity index (χ3n) is 2.83. The van der Waals surface area contributed by atoms with Crippen molar-refractivity contribution < 1.29 is 27.8 Å². The first-order valence-corrected chi connectivity index (χ1v) is 6.83. The lowest BCUT2D eigenvalue weighted by molar-refractivity contribution is -0.0427. The Labute approximate surface area is 109 Å². The van der Waals surface area contributed by atoms with Crippen molar-refractivity contribution in [3.8, 4) is 0 Å². The molecule has 1 aromatic rings. The Morgan fingerprint density at radius 3 is 2.47 bits per heavy atom. The molecule has 0 bridgehead atoms. The monoisotopic (exact) mass is 289 g/mol. The number of halogens is 1. The van der Waals surface area contributed by atoms with E-state index in [1.165, 1.54) is 6.92 Å². The first-order chi connectivity index (χ1) is 8.63. The predicted molar refractivity (Wildman–Crippen MR) is 62.7 cm³/mol. The summed E-state index contributed by atoms with van der Waals surface area (Å²) in [5, 5.41) is 18.3. The fourth-order valence-corrected chi connectivity index (χ4v) is 3.62. The second-order valence-electron chi connectivity index (χ2n) is 4.72. The van der Waals surface area contributed by atoms with Gasteiger partial charge < -0.3 is 10.2 Å². The Balaban J connectivity index is 2.41. The lowest BCUT2D eigenvalue weighted by atomic mass is 10.0. The molecular formula is C11H12FNO5S. The number of nitrogens with zero attached hydrogens (tertiary/aromatic N) is 1. The number of rotatable bonds is 3. The van der Waals surface area contributed by atoms with Gasteiger partial charge in [0.25, 0.3) is 0 Å². The van der Waals surface area contributed by atoms with E-state index in [-0.39, 0.29) is 18.7 Å². The summed E-state index contributed by atoms with van der Waals surface area (Å²) >= 11 is 0. The molecule has 0 spiro atoms. The molecule has 1 saturated heterocycles. The molecule has 0 unspecified atom stereocenters. The average Bonchev–Trinajstić information content (AvgIpc) is 2.25. The van der Waals surface area contributed by atoms with Gasteiger partial charge in [-0.3, -0.25) is 0 Å². The molecule has 0 aliphatic carbocycles. The maximum Gasteiger partial charge on any atom is 0.335 e. The highest BCUT2D eigenvalue weighted by Crippen LogP contribution is 2.29. The average molecular weight is 289 g/mol. The molecule has 0 atom stereocenters. The summed E-state index contributed by atoms with van der Waals surface area (Å²) in [4.78, 5) is 10.1. The van der Waals surface area contributed by atoms with Crippen LogP contribution in [0.3, 0.4) is 0 Å². The van der Waals surface area contributed by atoms with E-state index < -0.39 is 32.3 Å². The van der Waals surface area contributed by atoms with Crippen molar-refractivity contribution in [3.63, 3.8) is 0 Å². The van der Waals surface area contributed by atoms with Gasteiger partial charge in [-0.15, -0.1) is 0 Å². The van der Waals surface area contributed by atoms with Gasteiger partial charge in [0.05, 0.1) is 11.2 Å². The molecule has 8 heteroatoms. The van der Waals surface area contributed by atoms with E-state index in [2.05, 4.69) is 0 Å². The molecule has 0 aromatic heterocycles. The normalized spacial score (nSPS) is 18.9. The summed E-state index contributed by atoms with van der Waals surface area (Å²) in [7, 11) is -4.12. The molecule has 0 radical (unpaired) electrons. The number of sulfonamides is 1. The van der Waals surface area contributed by atoms with Gasteiger partial charge in [0.1, 0.15) is 10.7 Å². The summed E-state index contributed by atoms with van der Waals surface area (Å²) in [6.07, 6.45) is 0. The van der Waals surface area contributed by atoms with Crippen LogP contribution in [-0.4, -0.2) is 47.6 Å². The number of β-amino-alcohol motifs (C(OH)–C–C–N with tert-alkyl or cyclic N) is 1. The van der Waals surface area contributed by atoms with Crippen molar-refractivity contribution in [1.29, 1.82) is 0 Å². The van der Waals surface area contributed by atoms with Gasteiger partial charge in [0.15, 0.2) is 0 Å². The topological polar surface area (TPSA) is 94.9 Å². The predicted octanol–water partition coefficient (Wildman–Crippen LogP) is 0.279. The molecule has 1 aliphatic rings. The SMILES string of the molecule is CC1(O)CN(S(=O)(=O)c2cc(C(=O)O)ccc2F)C1. The summed E-state index contributed by atoms with van der Waals surface area (Å²) in [6.45, 7) is 1.17. The van der Waals surface area contributed by atoms with E-state index in [1.54, 1.807) is 0 Å². The first kappa shape index (κ1) is 13.9. The van der Waals surface area contributed by atoms with Gasteiger partial charge in [-0.2, -0.15) is 4.31 Å². The van der Waals surface area contributed by atoms with E-state index >= 15 is 0 Å². The summed E-state index contributed by atoms with van der Waals surface area (Å²) in [6, 6.07) is 2.57. The Morgan fingerprint density at radius 1 is 1.42 bits per heavy atom. The van der Waals surface area contributed by atoms with E-state index in [4.69, 9.17) is 5.11 Å². The van der Waals surface area contributed by atoms with Gasteiger partial charge in [0.2, 0.25) is 10.0 Å². The number of aliphatic hydroxyl groups is 1. The maximum absolute atomic E-state index is 13.6. The minimum absolute atomic E-state index is 0.147. The number of aromatic carboxylic acids is 1. The minimum atomic E-state index is -4.12. The molecule has 19 heavy (non-hydrogen) atoms. The zero-order chi connectivity index (χ0) is 14.4. The Kier molecular flexibility index (Phi) is 3.12. The van der Waals surface area contributed by atoms with Crippen LogP contribution in [0.4, 0.5) is 4.39 Å². The van der Waals surface area contributed by atoms with Crippen LogP contribution in [0.2, 0.25) is 0 Å². The number of hydrogen-bond donors (Lipinski definition) is 2. The van der Waals surface area contributed by atoms with Crippen LogP contribution in [0.5, 0.6) is 0 Å². The van der Waals surface area contributed by atoms with Crippen molar-refractivity contribution in [2.75, 3.05) is 13.1 Å². The van der Waals surface area contributed by atoms with Gasteiger partial charge in [-0.1, -0.05) is 0 Å².